The van der Waals surface area contributed by atoms with E-state index in [2.05, 4.69) is 84.1 Å². The molecule has 6 rings (SSSR count). The first-order valence-corrected chi connectivity index (χ1v) is 16.7. The summed E-state index contributed by atoms with van der Waals surface area (Å²) in [5.74, 6) is 5.76. The molecule has 2 nitrogen and oxygen atoms in total. The molecule has 40 heavy (non-hydrogen) atoms. The highest BCUT2D eigenvalue weighted by Gasteiger charge is 2.53. The molecule has 2 bridgehead atoms. The highest BCUT2D eigenvalue weighted by Crippen LogP contribution is 2.66. The molecule has 0 aliphatic heterocycles. The van der Waals surface area contributed by atoms with Crippen molar-refractivity contribution in [1.29, 1.82) is 0 Å². The molecule has 5 aliphatic carbocycles. The van der Waals surface area contributed by atoms with Crippen molar-refractivity contribution < 1.29 is 9.47 Å². The average Bonchev–Trinajstić information content (AvgIpc) is 2.99. The lowest BCUT2D eigenvalue weighted by molar-refractivity contribution is 0.211. The molecule has 7 atom stereocenters. The van der Waals surface area contributed by atoms with Crippen molar-refractivity contribution in [1.82, 2.24) is 0 Å². The Morgan fingerprint density at radius 3 is 1.82 bits per heavy atom. The fraction of sp³-hybridized carbons (Fsp3) is 0.632. The smallest absolute Gasteiger partial charge is 0.123 e. The summed E-state index contributed by atoms with van der Waals surface area (Å²) < 4.78 is 13.7. The van der Waals surface area contributed by atoms with Gasteiger partial charge in [-0.05, 0) is 73.5 Å². The number of hydrogen-bond acceptors (Lipinski definition) is 2. The van der Waals surface area contributed by atoms with Gasteiger partial charge in [-0.3, -0.25) is 0 Å². The molecule has 0 saturated heterocycles. The Hall–Kier alpha value is -2.22. The van der Waals surface area contributed by atoms with Crippen LogP contribution in [0.2, 0.25) is 0 Å². The fourth-order valence-corrected chi connectivity index (χ4v) is 8.08. The summed E-state index contributed by atoms with van der Waals surface area (Å²) in [5.41, 5.74) is 7.69. The Bertz CT molecular complexity index is 1150. The Kier molecular flexibility index (Phi) is 9.64. The highest BCUT2D eigenvalue weighted by atomic mass is 16.5. The minimum Gasteiger partial charge on any atom is -0.493 e. The van der Waals surface area contributed by atoms with Crippen LogP contribution in [0.1, 0.15) is 122 Å². The van der Waals surface area contributed by atoms with Crippen LogP contribution in [0, 0.1) is 29.6 Å². The van der Waals surface area contributed by atoms with Gasteiger partial charge in [0.2, 0.25) is 0 Å². The van der Waals surface area contributed by atoms with E-state index in [4.69, 9.17) is 9.47 Å². The molecule has 0 heterocycles. The van der Waals surface area contributed by atoms with E-state index in [0.717, 1.165) is 31.1 Å². The van der Waals surface area contributed by atoms with Crippen LogP contribution in [0.25, 0.3) is 0 Å². The van der Waals surface area contributed by atoms with Crippen molar-refractivity contribution in [2.45, 2.75) is 111 Å². The Labute approximate surface area is 245 Å². The number of hydrogen-bond donors (Lipinski definition) is 0. The van der Waals surface area contributed by atoms with E-state index in [1.54, 1.807) is 11.1 Å². The Balaban J connectivity index is 1.58. The molecule has 0 fully saturated rings. The molecule has 0 saturated carbocycles. The van der Waals surface area contributed by atoms with E-state index in [9.17, 15) is 0 Å². The second kappa shape index (κ2) is 13.2. The van der Waals surface area contributed by atoms with Gasteiger partial charge in [0.15, 0.2) is 0 Å². The molecular weight excluding hydrogens is 488 g/mol. The van der Waals surface area contributed by atoms with Crippen LogP contribution < -0.4 is 9.47 Å². The van der Waals surface area contributed by atoms with E-state index in [1.807, 2.05) is 0 Å². The molecule has 1 aromatic rings. The summed E-state index contributed by atoms with van der Waals surface area (Å²) in [6.07, 6.45) is 23.2. The van der Waals surface area contributed by atoms with Gasteiger partial charge in [-0.25, -0.2) is 0 Å². The minimum atomic E-state index is 0.344. The lowest BCUT2D eigenvalue weighted by atomic mass is 9.50. The van der Waals surface area contributed by atoms with Crippen molar-refractivity contribution in [3.05, 3.63) is 70.4 Å². The number of benzene rings is 1. The van der Waals surface area contributed by atoms with Crippen LogP contribution in [0.5, 0.6) is 11.5 Å². The summed E-state index contributed by atoms with van der Waals surface area (Å²) in [6, 6.07) is 4.53. The van der Waals surface area contributed by atoms with Gasteiger partial charge in [-0.1, -0.05) is 115 Å². The molecule has 0 aromatic heterocycles. The zero-order valence-electron chi connectivity index (χ0n) is 26.2. The van der Waals surface area contributed by atoms with Gasteiger partial charge in [-0.2, -0.15) is 0 Å². The zero-order chi connectivity index (χ0) is 28.2. The molecule has 2 heteroatoms. The highest BCUT2D eigenvalue weighted by molar-refractivity contribution is 5.68. The van der Waals surface area contributed by atoms with Gasteiger partial charge in [0, 0.05) is 23.0 Å². The van der Waals surface area contributed by atoms with Crippen LogP contribution in [0.15, 0.2) is 59.2 Å². The monoisotopic (exact) mass is 542 g/mol. The van der Waals surface area contributed by atoms with Crippen molar-refractivity contribution in [3.8, 4) is 11.5 Å². The standard InChI is InChI=1S/C38H54O2/c1-7-11-15-27(9-3)23-39-31-21-22-32(40-24-28(10-4)16-12-8-2)38-36-30-18-14-13-17-29(30)35(37(31)38)33-25(5)19-20-26(6)34(33)36/h13-14,17-19,21-22,26-30,35-36H,7-12,15-16,20,23-24H2,1-6H3. The maximum Gasteiger partial charge on any atom is 0.123 e. The number of rotatable bonds is 14. The zero-order valence-corrected chi connectivity index (χ0v) is 26.2. The predicted octanol–water partition coefficient (Wildman–Crippen LogP) is 10.7. The SMILES string of the molecule is CCCCC(CC)COc1ccc(OCC(CC)CCCC)c2c1C1C3=C(C(C)CC=C3C)C2C2C=CC=CC12. The number of allylic oxidation sites excluding steroid dienone is 8. The lowest BCUT2D eigenvalue weighted by Gasteiger charge is -2.54. The molecule has 0 N–H and O–H groups in total. The summed E-state index contributed by atoms with van der Waals surface area (Å²) >= 11 is 0. The Morgan fingerprint density at radius 2 is 1.30 bits per heavy atom. The van der Waals surface area contributed by atoms with Gasteiger partial charge in [0.05, 0.1) is 13.2 Å². The molecule has 0 amide bonds. The molecule has 0 spiro atoms. The minimum absolute atomic E-state index is 0.344. The normalized spacial score (nSPS) is 27.6. The van der Waals surface area contributed by atoms with E-state index >= 15 is 0 Å². The molecule has 5 aliphatic rings. The second-order valence-electron chi connectivity index (χ2n) is 13.1. The van der Waals surface area contributed by atoms with Crippen LogP contribution in [0.4, 0.5) is 0 Å². The van der Waals surface area contributed by atoms with Gasteiger partial charge >= 0.3 is 0 Å². The third kappa shape index (κ3) is 5.49. The number of ether oxygens (including phenoxy) is 2. The van der Waals surface area contributed by atoms with Crippen molar-refractivity contribution in [2.24, 2.45) is 29.6 Å². The first kappa shape index (κ1) is 29.3. The van der Waals surface area contributed by atoms with Crippen LogP contribution in [-0.4, -0.2) is 13.2 Å². The summed E-state index contributed by atoms with van der Waals surface area (Å²) in [5, 5.41) is 0. The molecular formula is C38H54O2. The average molecular weight is 543 g/mol. The maximum atomic E-state index is 6.85. The van der Waals surface area contributed by atoms with E-state index in [0.29, 0.717) is 41.4 Å². The predicted molar refractivity (Wildman–Crippen MR) is 169 cm³/mol. The maximum absolute atomic E-state index is 6.85. The Morgan fingerprint density at radius 1 is 0.775 bits per heavy atom. The second-order valence-corrected chi connectivity index (χ2v) is 13.1. The third-order valence-electron chi connectivity index (χ3n) is 10.5. The van der Waals surface area contributed by atoms with E-state index < -0.39 is 0 Å². The van der Waals surface area contributed by atoms with E-state index in [-0.39, 0.29) is 0 Å². The summed E-state index contributed by atoms with van der Waals surface area (Å²) in [7, 11) is 0. The van der Waals surface area contributed by atoms with Crippen molar-refractivity contribution in [2.75, 3.05) is 13.2 Å². The van der Waals surface area contributed by atoms with Crippen molar-refractivity contribution in [3.63, 3.8) is 0 Å². The fourth-order valence-electron chi connectivity index (χ4n) is 8.08. The first-order valence-electron chi connectivity index (χ1n) is 16.7. The van der Waals surface area contributed by atoms with Gasteiger partial charge in [-0.15, -0.1) is 0 Å². The summed E-state index contributed by atoms with van der Waals surface area (Å²) in [6.45, 7) is 15.7. The van der Waals surface area contributed by atoms with Crippen LogP contribution in [-0.2, 0) is 0 Å². The van der Waals surface area contributed by atoms with Gasteiger partial charge < -0.3 is 9.47 Å². The lowest BCUT2D eigenvalue weighted by Crippen LogP contribution is -2.42. The van der Waals surface area contributed by atoms with E-state index in [1.165, 1.54) is 68.1 Å². The van der Waals surface area contributed by atoms with Crippen LogP contribution >= 0.6 is 0 Å². The quantitative estimate of drug-likeness (QED) is 0.233. The molecule has 1 aromatic carbocycles. The summed E-state index contributed by atoms with van der Waals surface area (Å²) in [4.78, 5) is 0. The van der Waals surface area contributed by atoms with Gasteiger partial charge in [0.1, 0.15) is 11.5 Å². The first-order chi connectivity index (χ1) is 19.5. The largest absolute Gasteiger partial charge is 0.493 e. The molecule has 218 valence electrons. The van der Waals surface area contributed by atoms with Crippen molar-refractivity contribution >= 4 is 0 Å². The third-order valence-corrected chi connectivity index (χ3v) is 10.5. The molecule has 0 radical (unpaired) electrons. The van der Waals surface area contributed by atoms with Gasteiger partial charge in [0.25, 0.3) is 0 Å². The number of unbranched alkanes of at least 4 members (excludes halogenated alkanes) is 2. The van der Waals surface area contributed by atoms with Crippen LogP contribution in [0.3, 0.4) is 0 Å². The molecule has 7 unspecified atom stereocenters. The topological polar surface area (TPSA) is 18.5 Å².